The zero-order valence-corrected chi connectivity index (χ0v) is 13.3. The molecule has 0 aromatic rings. The molecule has 10 heteroatoms. The van der Waals surface area contributed by atoms with Gasteiger partial charge >= 0.3 is 17.9 Å². The summed E-state index contributed by atoms with van der Waals surface area (Å²) in [4.78, 5) is 48.4. The standard InChI is InChI=1S/C14H20O10/c1-7(2)3-10(18)14(6-17)13(21)23-8(4-15)11(19)22-9(5-16)12(20)24-14/h7-9,15-17H,3-6H2,1-2H3. The van der Waals surface area contributed by atoms with Crippen molar-refractivity contribution < 1.29 is 48.7 Å². The molecular formula is C14H20O10. The lowest BCUT2D eigenvalue weighted by molar-refractivity contribution is -0.194. The van der Waals surface area contributed by atoms with Gasteiger partial charge in [-0.15, -0.1) is 0 Å². The van der Waals surface area contributed by atoms with Gasteiger partial charge in [-0.25, -0.2) is 14.4 Å². The van der Waals surface area contributed by atoms with Crippen LogP contribution in [0.15, 0.2) is 0 Å². The lowest BCUT2D eigenvalue weighted by atomic mass is 9.92. The molecule has 1 aliphatic heterocycles. The van der Waals surface area contributed by atoms with E-state index in [4.69, 9.17) is 14.9 Å². The molecule has 0 saturated carbocycles. The Labute approximate surface area is 137 Å². The number of carbonyl (C=O) groups excluding carboxylic acids is 4. The van der Waals surface area contributed by atoms with Crippen LogP contribution < -0.4 is 0 Å². The summed E-state index contributed by atoms with van der Waals surface area (Å²) in [5, 5.41) is 27.8. The molecule has 136 valence electrons. The van der Waals surface area contributed by atoms with E-state index < -0.39 is 61.3 Å². The monoisotopic (exact) mass is 348 g/mol. The molecule has 1 aliphatic rings. The molecule has 1 fully saturated rings. The van der Waals surface area contributed by atoms with Crippen LogP contribution in [0.4, 0.5) is 0 Å². The van der Waals surface area contributed by atoms with Gasteiger partial charge < -0.3 is 29.5 Å². The summed E-state index contributed by atoms with van der Waals surface area (Å²) in [7, 11) is 0. The van der Waals surface area contributed by atoms with E-state index in [0.717, 1.165) is 0 Å². The second-order valence-corrected chi connectivity index (χ2v) is 5.61. The molecule has 10 nitrogen and oxygen atoms in total. The Hall–Kier alpha value is -2.04. The first-order valence-electron chi connectivity index (χ1n) is 7.22. The van der Waals surface area contributed by atoms with Gasteiger partial charge in [-0.2, -0.15) is 0 Å². The van der Waals surface area contributed by atoms with Crippen molar-refractivity contribution in [2.45, 2.75) is 38.1 Å². The molecule has 0 aliphatic carbocycles. The Morgan fingerprint density at radius 1 is 1.04 bits per heavy atom. The van der Waals surface area contributed by atoms with Crippen LogP contribution in [0.1, 0.15) is 20.3 Å². The quantitative estimate of drug-likeness (QED) is 0.271. The number of esters is 3. The molecule has 1 saturated heterocycles. The van der Waals surface area contributed by atoms with Gasteiger partial charge in [0.15, 0.2) is 5.78 Å². The normalized spacial score (nSPS) is 28.3. The van der Waals surface area contributed by atoms with Gasteiger partial charge in [0, 0.05) is 6.42 Å². The molecule has 0 bridgehead atoms. The highest BCUT2D eigenvalue weighted by atomic mass is 16.7. The van der Waals surface area contributed by atoms with E-state index in [1.54, 1.807) is 13.8 Å². The topological polar surface area (TPSA) is 157 Å². The van der Waals surface area contributed by atoms with Gasteiger partial charge in [-0.1, -0.05) is 13.8 Å². The van der Waals surface area contributed by atoms with Gasteiger partial charge in [-0.05, 0) is 5.92 Å². The molecular weight excluding hydrogens is 328 g/mol. The number of aliphatic hydroxyl groups is 3. The van der Waals surface area contributed by atoms with Crippen molar-refractivity contribution in [3.63, 3.8) is 0 Å². The number of hydrogen-bond donors (Lipinski definition) is 3. The largest absolute Gasteiger partial charge is 0.445 e. The van der Waals surface area contributed by atoms with Crippen LogP contribution in [0.25, 0.3) is 0 Å². The molecule has 24 heavy (non-hydrogen) atoms. The minimum atomic E-state index is -2.70. The molecule has 1 heterocycles. The van der Waals surface area contributed by atoms with Gasteiger partial charge in [0.05, 0.1) is 13.2 Å². The predicted octanol–water partition coefficient (Wildman–Crippen LogP) is -2.30. The molecule has 0 aromatic carbocycles. The zero-order valence-electron chi connectivity index (χ0n) is 13.3. The van der Waals surface area contributed by atoms with Crippen LogP contribution in [0.3, 0.4) is 0 Å². The minimum Gasteiger partial charge on any atom is -0.445 e. The Morgan fingerprint density at radius 3 is 2.04 bits per heavy atom. The van der Waals surface area contributed by atoms with Crippen LogP contribution in [0.2, 0.25) is 0 Å². The maximum Gasteiger partial charge on any atom is 0.362 e. The fraction of sp³-hybridized carbons (Fsp3) is 0.714. The second kappa shape index (κ2) is 8.18. The van der Waals surface area contributed by atoms with E-state index in [1.807, 2.05) is 0 Å². The van der Waals surface area contributed by atoms with E-state index in [-0.39, 0.29) is 12.3 Å². The Bertz CT molecular complexity index is 512. The van der Waals surface area contributed by atoms with Crippen molar-refractivity contribution >= 4 is 23.7 Å². The smallest absolute Gasteiger partial charge is 0.362 e. The average molecular weight is 348 g/mol. The van der Waals surface area contributed by atoms with Crippen molar-refractivity contribution in [2.24, 2.45) is 5.92 Å². The average Bonchev–Trinajstić information content (AvgIpc) is 2.56. The van der Waals surface area contributed by atoms with Crippen LogP contribution in [-0.2, 0) is 33.4 Å². The van der Waals surface area contributed by atoms with Crippen LogP contribution in [-0.4, -0.2) is 76.6 Å². The third-order valence-electron chi connectivity index (χ3n) is 3.24. The van der Waals surface area contributed by atoms with Crippen molar-refractivity contribution in [1.29, 1.82) is 0 Å². The molecule has 0 amide bonds. The van der Waals surface area contributed by atoms with Gasteiger partial charge in [0.2, 0.25) is 12.2 Å². The summed E-state index contributed by atoms with van der Waals surface area (Å²) < 4.78 is 14.1. The molecule has 3 N–H and O–H groups in total. The molecule has 1 rings (SSSR count). The Kier molecular flexibility index (Phi) is 6.81. The Morgan fingerprint density at radius 2 is 1.58 bits per heavy atom. The number of cyclic esters (lactones) is 3. The summed E-state index contributed by atoms with van der Waals surface area (Å²) in [5.74, 6) is -5.38. The number of ether oxygens (including phenoxy) is 3. The highest BCUT2D eigenvalue weighted by Crippen LogP contribution is 2.23. The summed E-state index contributed by atoms with van der Waals surface area (Å²) in [6, 6.07) is 0. The van der Waals surface area contributed by atoms with E-state index >= 15 is 0 Å². The number of carbonyl (C=O) groups is 4. The number of Topliss-reactive ketones (excluding diaryl/α,β-unsaturated/α-hetero) is 1. The number of hydrogen-bond acceptors (Lipinski definition) is 10. The van der Waals surface area contributed by atoms with E-state index in [2.05, 4.69) is 9.47 Å². The van der Waals surface area contributed by atoms with Gasteiger partial charge in [0.25, 0.3) is 5.60 Å². The highest BCUT2D eigenvalue weighted by Gasteiger charge is 2.54. The summed E-state index contributed by atoms with van der Waals surface area (Å²) in [6.45, 7) is 0.108. The zero-order chi connectivity index (χ0) is 18.5. The van der Waals surface area contributed by atoms with E-state index in [9.17, 15) is 24.3 Å². The fourth-order valence-electron chi connectivity index (χ4n) is 1.93. The summed E-state index contributed by atoms with van der Waals surface area (Å²) >= 11 is 0. The molecule has 3 unspecified atom stereocenters. The third kappa shape index (κ3) is 4.08. The van der Waals surface area contributed by atoms with Gasteiger partial charge in [0.1, 0.15) is 6.61 Å². The first-order valence-corrected chi connectivity index (χ1v) is 7.22. The van der Waals surface area contributed by atoms with Crippen LogP contribution in [0.5, 0.6) is 0 Å². The van der Waals surface area contributed by atoms with Crippen molar-refractivity contribution in [2.75, 3.05) is 19.8 Å². The van der Waals surface area contributed by atoms with Crippen molar-refractivity contribution in [3.8, 4) is 0 Å². The third-order valence-corrected chi connectivity index (χ3v) is 3.24. The lowest BCUT2D eigenvalue weighted by Gasteiger charge is -2.28. The van der Waals surface area contributed by atoms with Gasteiger partial charge in [-0.3, -0.25) is 4.79 Å². The molecule has 0 radical (unpaired) electrons. The lowest BCUT2D eigenvalue weighted by Crippen LogP contribution is -2.56. The molecule has 0 aromatic heterocycles. The van der Waals surface area contributed by atoms with E-state index in [0.29, 0.717) is 0 Å². The van der Waals surface area contributed by atoms with Crippen LogP contribution >= 0.6 is 0 Å². The minimum absolute atomic E-state index is 0.231. The summed E-state index contributed by atoms with van der Waals surface area (Å²) in [6.07, 6.45) is -3.90. The maximum absolute atomic E-state index is 12.4. The summed E-state index contributed by atoms with van der Waals surface area (Å²) in [5.41, 5.74) is -2.70. The molecule has 3 atom stereocenters. The maximum atomic E-state index is 12.4. The Balaban J connectivity index is 3.33. The fourth-order valence-corrected chi connectivity index (χ4v) is 1.93. The number of aliphatic hydroxyl groups excluding tert-OH is 3. The number of ketones is 1. The highest BCUT2D eigenvalue weighted by molar-refractivity contribution is 6.09. The predicted molar refractivity (Wildman–Crippen MR) is 74.3 cm³/mol. The number of rotatable bonds is 6. The van der Waals surface area contributed by atoms with E-state index in [1.165, 1.54) is 0 Å². The molecule has 0 spiro atoms. The van der Waals surface area contributed by atoms with Crippen LogP contribution in [0, 0.1) is 5.92 Å². The first kappa shape index (κ1) is 20.0. The van der Waals surface area contributed by atoms with Crippen molar-refractivity contribution in [3.05, 3.63) is 0 Å². The SMILES string of the molecule is CC(C)CC(=O)C1(CO)OC(=O)C(CO)OC(=O)C(CO)OC1=O. The second-order valence-electron chi connectivity index (χ2n) is 5.61. The van der Waals surface area contributed by atoms with Crippen molar-refractivity contribution in [1.82, 2.24) is 0 Å². The first-order chi connectivity index (χ1) is 11.2.